The summed E-state index contributed by atoms with van der Waals surface area (Å²) in [4.78, 5) is 12.9. The van der Waals surface area contributed by atoms with Crippen LogP contribution in [0.2, 0.25) is 5.02 Å². The standard InChI is InChI=1S/C16H16ClNO2/c1-12-5-7-15(8-6-12)18(11-16(19)20)10-13-3-2-4-14(17)9-13/h2-9H,10-11H2,1H3,(H,19,20). The molecule has 3 nitrogen and oxygen atoms in total. The molecule has 0 atom stereocenters. The van der Waals surface area contributed by atoms with Crippen molar-refractivity contribution >= 4 is 23.3 Å². The second kappa shape index (κ2) is 6.44. The quantitative estimate of drug-likeness (QED) is 0.911. The van der Waals surface area contributed by atoms with Crippen molar-refractivity contribution in [2.45, 2.75) is 13.5 Å². The van der Waals surface area contributed by atoms with Crippen molar-refractivity contribution in [1.29, 1.82) is 0 Å². The number of carboxylic acid groups (broad SMARTS) is 1. The Kier molecular flexibility index (Phi) is 4.64. The van der Waals surface area contributed by atoms with E-state index in [-0.39, 0.29) is 6.54 Å². The van der Waals surface area contributed by atoms with Gasteiger partial charge in [0.1, 0.15) is 6.54 Å². The molecule has 0 saturated carbocycles. The molecule has 20 heavy (non-hydrogen) atoms. The van der Waals surface area contributed by atoms with Crippen molar-refractivity contribution in [3.8, 4) is 0 Å². The van der Waals surface area contributed by atoms with Crippen LogP contribution in [0.3, 0.4) is 0 Å². The van der Waals surface area contributed by atoms with Gasteiger partial charge in [0.25, 0.3) is 0 Å². The Morgan fingerprint density at radius 1 is 1.20 bits per heavy atom. The fourth-order valence-corrected chi connectivity index (χ4v) is 2.23. The normalized spacial score (nSPS) is 10.3. The van der Waals surface area contributed by atoms with Gasteiger partial charge in [0.2, 0.25) is 0 Å². The van der Waals surface area contributed by atoms with Crippen LogP contribution in [0.5, 0.6) is 0 Å². The van der Waals surface area contributed by atoms with Gasteiger partial charge in [-0.25, -0.2) is 0 Å². The van der Waals surface area contributed by atoms with Crippen LogP contribution in [-0.4, -0.2) is 17.6 Å². The van der Waals surface area contributed by atoms with E-state index in [2.05, 4.69) is 0 Å². The first kappa shape index (κ1) is 14.4. The molecule has 2 rings (SSSR count). The molecule has 2 aromatic rings. The van der Waals surface area contributed by atoms with E-state index in [1.807, 2.05) is 54.3 Å². The molecule has 0 unspecified atom stereocenters. The lowest BCUT2D eigenvalue weighted by Crippen LogP contribution is -2.29. The fraction of sp³-hybridized carbons (Fsp3) is 0.188. The van der Waals surface area contributed by atoms with E-state index in [1.54, 1.807) is 6.07 Å². The van der Waals surface area contributed by atoms with Gasteiger partial charge in [0.15, 0.2) is 0 Å². The lowest BCUT2D eigenvalue weighted by atomic mass is 10.1. The Labute approximate surface area is 123 Å². The summed E-state index contributed by atoms with van der Waals surface area (Å²) in [5, 5.41) is 9.72. The molecule has 0 saturated heterocycles. The zero-order valence-corrected chi connectivity index (χ0v) is 12.0. The van der Waals surface area contributed by atoms with E-state index in [4.69, 9.17) is 16.7 Å². The highest BCUT2D eigenvalue weighted by molar-refractivity contribution is 6.30. The summed E-state index contributed by atoms with van der Waals surface area (Å²) < 4.78 is 0. The molecule has 0 fully saturated rings. The Morgan fingerprint density at radius 3 is 2.50 bits per heavy atom. The van der Waals surface area contributed by atoms with E-state index in [1.165, 1.54) is 0 Å². The molecular formula is C16H16ClNO2. The maximum atomic E-state index is 11.0. The number of hydrogen-bond donors (Lipinski definition) is 1. The molecule has 0 bridgehead atoms. The third kappa shape index (κ3) is 4.00. The number of carbonyl (C=O) groups is 1. The lowest BCUT2D eigenvalue weighted by molar-refractivity contribution is -0.135. The summed E-state index contributed by atoms with van der Waals surface area (Å²) in [6.45, 7) is 2.47. The smallest absolute Gasteiger partial charge is 0.323 e. The molecule has 0 aromatic heterocycles. The molecule has 0 amide bonds. The van der Waals surface area contributed by atoms with Gasteiger partial charge in [-0.3, -0.25) is 4.79 Å². The van der Waals surface area contributed by atoms with Gasteiger partial charge in [0.05, 0.1) is 0 Å². The van der Waals surface area contributed by atoms with Crippen molar-refractivity contribution in [3.63, 3.8) is 0 Å². The summed E-state index contributed by atoms with van der Waals surface area (Å²) in [6, 6.07) is 15.3. The summed E-state index contributed by atoms with van der Waals surface area (Å²) in [7, 11) is 0. The minimum Gasteiger partial charge on any atom is -0.480 e. The molecule has 0 spiro atoms. The maximum absolute atomic E-state index is 11.0. The molecule has 1 N–H and O–H groups in total. The van der Waals surface area contributed by atoms with Crippen LogP contribution in [-0.2, 0) is 11.3 Å². The summed E-state index contributed by atoms with van der Waals surface area (Å²) in [5.74, 6) is -0.854. The molecule has 0 radical (unpaired) electrons. The van der Waals surface area contributed by atoms with Gasteiger partial charge in [-0.1, -0.05) is 41.4 Å². The van der Waals surface area contributed by atoms with Crippen molar-refractivity contribution in [2.75, 3.05) is 11.4 Å². The first-order valence-electron chi connectivity index (χ1n) is 6.32. The molecule has 0 heterocycles. The van der Waals surface area contributed by atoms with E-state index in [0.29, 0.717) is 11.6 Å². The van der Waals surface area contributed by atoms with Gasteiger partial charge in [-0.05, 0) is 36.8 Å². The minimum atomic E-state index is -0.854. The maximum Gasteiger partial charge on any atom is 0.323 e. The number of aryl methyl sites for hydroxylation is 1. The highest BCUT2D eigenvalue weighted by Crippen LogP contribution is 2.19. The van der Waals surface area contributed by atoms with E-state index in [0.717, 1.165) is 16.8 Å². The van der Waals surface area contributed by atoms with Crippen molar-refractivity contribution in [2.24, 2.45) is 0 Å². The molecule has 0 aliphatic heterocycles. The van der Waals surface area contributed by atoms with Gasteiger partial charge in [-0.2, -0.15) is 0 Å². The largest absolute Gasteiger partial charge is 0.480 e. The molecule has 0 aliphatic rings. The van der Waals surface area contributed by atoms with Crippen LogP contribution in [0.4, 0.5) is 5.69 Å². The SMILES string of the molecule is Cc1ccc(N(CC(=O)O)Cc2cccc(Cl)c2)cc1. The van der Waals surface area contributed by atoms with Gasteiger partial charge < -0.3 is 10.0 Å². The van der Waals surface area contributed by atoms with Crippen LogP contribution in [0.1, 0.15) is 11.1 Å². The molecule has 104 valence electrons. The lowest BCUT2D eigenvalue weighted by Gasteiger charge is -2.23. The topological polar surface area (TPSA) is 40.5 Å². The number of carboxylic acids is 1. The number of benzene rings is 2. The second-order valence-electron chi connectivity index (χ2n) is 4.72. The van der Waals surface area contributed by atoms with E-state index >= 15 is 0 Å². The van der Waals surface area contributed by atoms with Gasteiger partial charge in [-0.15, -0.1) is 0 Å². The van der Waals surface area contributed by atoms with Crippen LogP contribution >= 0.6 is 11.6 Å². The third-order valence-electron chi connectivity index (χ3n) is 2.99. The predicted molar refractivity (Wildman–Crippen MR) is 81.3 cm³/mol. The number of aliphatic carboxylic acids is 1. The number of anilines is 1. The molecule has 0 aliphatic carbocycles. The van der Waals surface area contributed by atoms with Crippen molar-refractivity contribution in [3.05, 3.63) is 64.7 Å². The van der Waals surface area contributed by atoms with Crippen LogP contribution in [0.15, 0.2) is 48.5 Å². The highest BCUT2D eigenvalue weighted by atomic mass is 35.5. The number of hydrogen-bond acceptors (Lipinski definition) is 2. The predicted octanol–water partition coefficient (Wildman–Crippen LogP) is 3.74. The minimum absolute atomic E-state index is 0.0461. The monoisotopic (exact) mass is 289 g/mol. The van der Waals surface area contributed by atoms with Crippen LogP contribution < -0.4 is 4.90 Å². The highest BCUT2D eigenvalue weighted by Gasteiger charge is 2.11. The number of nitrogens with zero attached hydrogens (tertiary/aromatic N) is 1. The van der Waals surface area contributed by atoms with Gasteiger partial charge >= 0.3 is 5.97 Å². The average Bonchev–Trinajstić information content (AvgIpc) is 2.38. The van der Waals surface area contributed by atoms with Gasteiger partial charge in [0, 0.05) is 17.3 Å². The van der Waals surface area contributed by atoms with Crippen LogP contribution in [0, 0.1) is 6.92 Å². The van der Waals surface area contributed by atoms with Crippen molar-refractivity contribution in [1.82, 2.24) is 0 Å². The zero-order valence-electron chi connectivity index (χ0n) is 11.2. The second-order valence-corrected chi connectivity index (χ2v) is 5.15. The Bertz CT molecular complexity index is 596. The Hall–Kier alpha value is -2.00. The molecule has 2 aromatic carbocycles. The van der Waals surface area contributed by atoms with E-state index in [9.17, 15) is 4.79 Å². The first-order chi connectivity index (χ1) is 9.54. The van der Waals surface area contributed by atoms with E-state index < -0.39 is 5.97 Å². The van der Waals surface area contributed by atoms with Crippen LogP contribution in [0.25, 0.3) is 0 Å². The zero-order chi connectivity index (χ0) is 14.5. The Morgan fingerprint density at radius 2 is 1.90 bits per heavy atom. The number of rotatable bonds is 5. The molecular weight excluding hydrogens is 274 g/mol. The summed E-state index contributed by atoms with van der Waals surface area (Å²) in [6.07, 6.45) is 0. The Balaban J connectivity index is 2.23. The molecule has 4 heteroatoms. The van der Waals surface area contributed by atoms with Crippen molar-refractivity contribution < 1.29 is 9.90 Å². The number of halogens is 1. The fourth-order valence-electron chi connectivity index (χ4n) is 2.01. The summed E-state index contributed by atoms with van der Waals surface area (Å²) >= 11 is 5.97. The average molecular weight is 290 g/mol. The third-order valence-corrected chi connectivity index (χ3v) is 3.22. The first-order valence-corrected chi connectivity index (χ1v) is 6.70. The summed E-state index contributed by atoms with van der Waals surface area (Å²) in [5.41, 5.74) is 3.02.